The molecule has 0 aliphatic carbocycles. The second kappa shape index (κ2) is 6.08. The molecule has 1 amide bonds. The van der Waals surface area contributed by atoms with Gasteiger partial charge in [0.1, 0.15) is 11.9 Å². The van der Waals surface area contributed by atoms with Crippen molar-refractivity contribution in [2.24, 2.45) is 5.84 Å². The van der Waals surface area contributed by atoms with Crippen LogP contribution in [-0.4, -0.2) is 29.0 Å². The number of hydrogen-bond acceptors (Lipinski definition) is 5. The van der Waals surface area contributed by atoms with Gasteiger partial charge in [0.15, 0.2) is 0 Å². The number of phenols is 1. The van der Waals surface area contributed by atoms with Crippen molar-refractivity contribution in [3.63, 3.8) is 0 Å². The molecule has 1 aromatic carbocycles. The smallest absolute Gasteiger partial charge is 0.263 e. The molecule has 98 valence electrons. The van der Waals surface area contributed by atoms with Crippen molar-refractivity contribution in [3.8, 4) is 5.75 Å². The number of thioether (sulfide) groups is 1. The molecule has 1 aliphatic rings. The Kier molecular flexibility index (Phi) is 4.46. The zero-order valence-electron chi connectivity index (χ0n) is 9.83. The van der Waals surface area contributed by atoms with Crippen molar-refractivity contribution in [3.05, 3.63) is 24.3 Å². The second-order valence-electron chi connectivity index (χ2n) is 4.14. The quantitative estimate of drug-likeness (QED) is 0.328. The van der Waals surface area contributed by atoms with Crippen LogP contribution in [0, 0.1) is 0 Å². The van der Waals surface area contributed by atoms with Crippen LogP contribution < -0.4 is 11.3 Å². The van der Waals surface area contributed by atoms with Crippen LogP contribution in [-0.2, 0) is 9.53 Å². The van der Waals surface area contributed by atoms with Crippen LogP contribution in [0.15, 0.2) is 29.2 Å². The van der Waals surface area contributed by atoms with Crippen LogP contribution in [0.1, 0.15) is 12.8 Å². The van der Waals surface area contributed by atoms with Gasteiger partial charge in [0, 0.05) is 10.6 Å². The summed E-state index contributed by atoms with van der Waals surface area (Å²) in [4.78, 5) is 12.3. The van der Waals surface area contributed by atoms with Crippen LogP contribution in [0.2, 0.25) is 0 Å². The number of hydrazine groups is 1. The fraction of sp³-hybridized carbons (Fsp3) is 0.417. The van der Waals surface area contributed by atoms with Crippen molar-refractivity contribution in [2.45, 2.75) is 29.9 Å². The van der Waals surface area contributed by atoms with E-state index >= 15 is 0 Å². The molecule has 0 aromatic heterocycles. The molecule has 1 heterocycles. The summed E-state index contributed by atoms with van der Waals surface area (Å²) < 4.78 is 5.59. The first-order chi connectivity index (χ1) is 8.69. The zero-order valence-corrected chi connectivity index (χ0v) is 10.7. The van der Waals surface area contributed by atoms with Gasteiger partial charge in [-0.1, -0.05) is 6.07 Å². The molecule has 0 saturated carbocycles. The Morgan fingerprint density at radius 1 is 1.56 bits per heavy atom. The summed E-state index contributed by atoms with van der Waals surface area (Å²) in [5.41, 5.74) is 2.10. The van der Waals surface area contributed by atoms with Gasteiger partial charge in [0.2, 0.25) is 0 Å². The van der Waals surface area contributed by atoms with Crippen LogP contribution in [0.4, 0.5) is 0 Å². The Balaban J connectivity index is 1.80. The lowest BCUT2D eigenvalue weighted by Gasteiger charge is -2.12. The highest BCUT2D eigenvalue weighted by Crippen LogP contribution is 2.28. The highest BCUT2D eigenvalue weighted by molar-refractivity contribution is 7.99. The molecule has 0 bridgehead atoms. The standard InChI is InChI=1S/C12H16N2O3S/c13-14-12(16)11-5-4-9(17-11)7-18-10-3-1-2-8(15)6-10/h1-3,6,9,11,15H,4-5,7,13H2,(H,14,16). The van der Waals surface area contributed by atoms with Gasteiger partial charge in [-0.2, -0.15) is 0 Å². The molecule has 1 saturated heterocycles. The molecule has 1 fully saturated rings. The van der Waals surface area contributed by atoms with E-state index in [0.29, 0.717) is 6.42 Å². The maximum absolute atomic E-state index is 11.3. The lowest BCUT2D eigenvalue weighted by molar-refractivity contribution is -0.131. The van der Waals surface area contributed by atoms with Crippen LogP contribution in [0.25, 0.3) is 0 Å². The zero-order chi connectivity index (χ0) is 13.0. The van der Waals surface area contributed by atoms with Gasteiger partial charge < -0.3 is 9.84 Å². The molecule has 0 radical (unpaired) electrons. The first kappa shape index (κ1) is 13.2. The molecular formula is C12H16N2O3S. The highest BCUT2D eigenvalue weighted by atomic mass is 32.2. The molecule has 6 heteroatoms. The molecule has 2 unspecified atom stereocenters. The summed E-state index contributed by atoms with van der Waals surface area (Å²) in [6.07, 6.45) is 1.18. The molecule has 0 spiro atoms. The molecule has 18 heavy (non-hydrogen) atoms. The third kappa shape index (κ3) is 3.38. The summed E-state index contributed by atoms with van der Waals surface area (Å²) >= 11 is 1.61. The number of rotatable bonds is 4. The molecule has 2 atom stereocenters. The predicted molar refractivity (Wildman–Crippen MR) is 69.1 cm³/mol. The second-order valence-corrected chi connectivity index (χ2v) is 5.23. The summed E-state index contributed by atoms with van der Waals surface area (Å²) in [5, 5.41) is 9.34. The lowest BCUT2D eigenvalue weighted by Crippen LogP contribution is -2.39. The van der Waals surface area contributed by atoms with Crippen LogP contribution >= 0.6 is 11.8 Å². The van der Waals surface area contributed by atoms with Gasteiger partial charge in [0.25, 0.3) is 5.91 Å². The maximum Gasteiger partial charge on any atom is 0.263 e. The average Bonchev–Trinajstić information content (AvgIpc) is 2.84. The number of aromatic hydroxyl groups is 1. The average molecular weight is 268 g/mol. The number of phenolic OH excluding ortho intramolecular Hbond substituents is 1. The van der Waals surface area contributed by atoms with Crippen molar-refractivity contribution in [1.29, 1.82) is 0 Å². The third-order valence-corrected chi connectivity index (χ3v) is 3.92. The van der Waals surface area contributed by atoms with Gasteiger partial charge in [-0.15, -0.1) is 11.8 Å². The minimum atomic E-state index is -0.426. The van der Waals surface area contributed by atoms with Crippen molar-refractivity contribution < 1.29 is 14.6 Å². The van der Waals surface area contributed by atoms with Crippen molar-refractivity contribution >= 4 is 17.7 Å². The van der Waals surface area contributed by atoms with E-state index in [1.807, 2.05) is 6.07 Å². The minimum absolute atomic E-state index is 0.0552. The monoisotopic (exact) mass is 268 g/mol. The Morgan fingerprint density at radius 3 is 3.11 bits per heavy atom. The third-order valence-electron chi connectivity index (χ3n) is 2.80. The van der Waals surface area contributed by atoms with E-state index in [2.05, 4.69) is 5.43 Å². The van der Waals surface area contributed by atoms with E-state index in [9.17, 15) is 9.90 Å². The normalized spacial score (nSPS) is 22.9. The Hall–Kier alpha value is -1.24. The van der Waals surface area contributed by atoms with Crippen LogP contribution in [0.3, 0.4) is 0 Å². The van der Waals surface area contributed by atoms with Gasteiger partial charge in [-0.3, -0.25) is 10.2 Å². The molecular weight excluding hydrogens is 252 g/mol. The number of carbonyl (C=O) groups excluding carboxylic acids is 1. The Labute approximate surface area is 110 Å². The van der Waals surface area contributed by atoms with Gasteiger partial charge in [0.05, 0.1) is 6.10 Å². The van der Waals surface area contributed by atoms with E-state index in [0.717, 1.165) is 17.1 Å². The molecule has 1 aromatic rings. The number of ether oxygens (including phenoxy) is 1. The molecule has 5 nitrogen and oxygen atoms in total. The topological polar surface area (TPSA) is 84.6 Å². The first-order valence-corrected chi connectivity index (χ1v) is 6.75. The number of nitrogens with one attached hydrogen (secondary N) is 1. The number of nitrogens with two attached hydrogens (primary N) is 1. The number of amides is 1. The predicted octanol–water partition coefficient (Wildman–Crippen LogP) is 1.02. The fourth-order valence-electron chi connectivity index (χ4n) is 1.88. The Morgan fingerprint density at radius 2 is 2.39 bits per heavy atom. The van der Waals surface area contributed by atoms with E-state index in [1.54, 1.807) is 30.0 Å². The van der Waals surface area contributed by atoms with E-state index in [4.69, 9.17) is 10.6 Å². The van der Waals surface area contributed by atoms with Gasteiger partial charge in [-0.25, -0.2) is 5.84 Å². The number of benzene rings is 1. The summed E-state index contributed by atoms with van der Waals surface area (Å²) in [5.74, 6) is 5.82. The van der Waals surface area contributed by atoms with E-state index < -0.39 is 6.10 Å². The summed E-state index contributed by atoms with van der Waals surface area (Å²) in [6.45, 7) is 0. The highest BCUT2D eigenvalue weighted by Gasteiger charge is 2.30. The van der Waals surface area contributed by atoms with Crippen molar-refractivity contribution in [1.82, 2.24) is 5.43 Å². The molecule has 1 aliphatic heterocycles. The van der Waals surface area contributed by atoms with Crippen LogP contribution in [0.5, 0.6) is 5.75 Å². The molecule has 2 rings (SSSR count). The SMILES string of the molecule is NNC(=O)C1CCC(CSc2cccc(O)c2)O1. The lowest BCUT2D eigenvalue weighted by atomic mass is 10.2. The molecule has 4 N–H and O–H groups in total. The largest absolute Gasteiger partial charge is 0.508 e. The summed E-state index contributed by atoms with van der Waals surface area (Å²) in [7, 11) is 0. The van der Waals surface area contributed by atoms with Crippen molar-refractivity contribution in [2.75, 3.05) is 5.75 Å². The first-order valence-electron chi connectivity index (χ1n) is 5.77. The number of hydrogen-bond donors (Lipinski definition) is 3. The Bertz CT molecular complexity index is 428. The van der Waals surface area contributed by atoms with E-state index in [1.165, 1.54) is 0 Å². The summed E-state index contributed by atoms with van der Waals surface area (Å²) in [6, 6.07) is 7.09. The maximum atomic E-state index is 11.3. The fourth-order valence-corrected chi connectivity index (χ4v) is 2.88. The van der Waals surface area contributed by atoms with Gasteiger partial charge >= 0.3 is 0 Å². The van der Waals surface area contributed by atoms with E-state index in [-0.39, 0.29) is 17.8 Å². The number of carbonyl (C=O) groups is 1. The minimum Gasteiger partial charge on any atom is -0.508 e. The van der Waals surface area contributed by atoms with Gasteiger partial charge in [-0.05, 0) is 31.0 Å².